The number of hydrogen-bond donors (Lipinski definition) is 1. The van der Waals surface area contributed by atoms with Crippen LogP contribution in [0.15, 0.2) is 0 Å². The Hall–Kier alpha value is -1.08. The molecule has 1 aliphatic rings. The van der Waals surface area contributed by atoms with Crippen molar-refractivity contribution in [1.82, 2.24) is 4.90 Å². The van der Waals surface area contributed by atoms with Crippen LogP contribution in [0.4, 0.5) is 4.79 Å². The van der Waals surface area contributed by atoms with Gasteiger partial charge < -0.3 is 14.6 Å². The van der Waals surface area contributed by atoms with Crippen LogP contribution in [-0.2, 0) is 14.3 Å². The molecule has 1 heterocycles. The van der Waals surface area contributed by atoms with E-state index in [4.69, 9.17) is 9.47 Å². The number of carbonyl (C=O) groups is 2. The number of morpholine rings is 1. The van der Waals surface area contributed by atoms with Crippen molar-refractivity contribution in [2.24, 2.45) is 0 Å². The minimum absolute atomic E-state index is 0.0197. The second-order valence-corrected chi connectivity index (χ2v) is 13.2. The molecule has 122 valence electrons. The second-order valence-electron chi connectivity index (χ2n) is 7.76. The summed E-state index contributed by atoms with van der Waals surface area (Å²) in [5, 5.41) is 9.76. The molecule has 0 aromatic rings. The number of amides is 1. The summed E-state index contributed by atoms with van der Waals surface area (Å²) >= 11 is 0. The molecule has 1 fully saturated rings. The van der Waals surface area contributed by atoms with E-state index in [1.165, 1.54) is 4.90 Å². The van der Waals surface area contributed by atoms with Gasteiger partial charge in [0.1, 0.15) is 5.60 Å². The van der Waals surface area contributed by atoms with Crippen molar-refractivity contribution >= 4 is 20.1 Å². The quantitative estimate of drug-likeness (QED) is 0.809. The van der Waals surface area contributed by atoms with Gasteiger partial charge in [0.15, 0.2) is 5.54 Å². The van der Waals surface area contributed by atoms with Crippen LogP contribution in [0.3, 0.4) is 0 Å². The van der Waals surface area contributed by atoms with E-state index in [0.29, 0.717) is 12.7 Å². The molecule has 0 saturated carbocycles. The monoisotopic (exact) mass is 317 g/mol. The van der Waals surface area contributed by atoms with Crippen LogP contribution in [0, 0.1) is 0 Å². The molecule has 7 heteroatoms. The lowest BCUT2D eigenvalue weighted by Crippen LogP contribution is -2.66. The molecule has 0 aromatic carbocycles. The SMILES string of the molecule is CC(C)(C)OC(=O)N1CCOC[C@]1(C[Si](C)(C)C)C(=O)O. The Labute approximate surface area is 127 Å². The Kier molecular flexibility index (Phi) is 5.10. The molecule has 0 aliphatic carbocycles. The first-order valence-corrected chi connectivity index (χ1v) is 10.9. The molecule has 1 aliphatic heterocycles. The predicted octanol–water partition coefficient (Wildman–Crippen LogP) is 2.42. The van der Waals surface area contributed by atoms with Crippen LogP contribution in [0.1, 0.15) is 20.8 Å². The van der Waals surface area contributed by atoms with E-state index in [1.54, 1.807) is 20.8 Å². The molecule has 0 aromatic heterocycles. The Balaban J connectivity index is 3.11. The van der Waals surface area contributed by atoms with Gasteiger partial charge in [-0.15, -0.1) is 0 Å². The first kappa shape index (κ1) is 18.0. The normalized spacial score (nSPS) is 23.8. The average Bonchev–Trinajstić information content (AvgIpc) is 2.24. The highest BCUT2D eigenvalue weighted by atomic mass is 28.3. The number of carboxylic acids is 1. The summed E-state index contributed by atoms with van der Waals surface area (Å²) in [6.45, 7) is 12.2. The maximum atomic E-state index is 12.4. The standard InChI is InChI=1S/C14H27NO5Si/c1-13(2,3)20-12(18)15-7-8-19-9-14(15,11(16)17)10-21(4,5)6/h7-10H2,1-6H3,(H,16,17)/t14-/m0/s1. The van der Waals surface area contributed by atoms with Crippen molar-refractivity contribution in [2.45, 2.75) is 57.6 Å². The van der Waals surface area contributed by atoms with Gasteiger partial charge in [-0.25, -0.2) is 9.59 Å². The van der Waals surface area contributed by atoms with E-state index >= 15 is 0 Å². The highest BCUT2D eigenvalue weighted by Crippen LogP contribution is 2.32. The fraction of sp³-hybridized carbons (Fsp3) is 0.857. The van der Waals surface area contributed by atoms with Crippen LogP contribution >= 0.6 is 0 Å². The van der Waals surface area contributed by atoms with Crippen LogP contribution in [0.2, 0.25) is 25.7 Å². The van der Waals surface area contributed by atoms with Gasteiger partial charge in [-0.1, -0.05) is 19.6 Å². The Bertz CT molecular complexity index is 413. The van der Waals surface area contributed by atoms with Gasteiger partial charge in [-0.2, -0.15) is 0 Å². The van der Waals surface area contributed by atoms with Gasteiger partial charge in [0.05, 0.1) is 13.2 Å². The van der Waals surface area contributed by atoms with Crippen molar-refractivity contribution in [3.63, 3.8) is 0 Å². The minimum atomic E-state index is -1.74. The molecule has 0 unspecified atom stereocenters. The summed E-state index contributed by atoms with van der Waals surface area (Å²) in [6, 6.07) is 0.439. The smallest absolute Gasteiger partial charge is 0.411 e. The van der Waals surface area contributed by atoms with Crippen molar-refractivity contribution in [1.29, 1.82) is 0 Å². The zero-order chi connectivity index (χ0) is 16.5. The Morgan fingerprint density at radius 3 is 2.33 bits per heavy atom. The van der Waals surface area contributed by atoms with Crippen LogP contribution in [0.5, 0.6) is 0 Å². The molecule has 1 saturated heterocycles. The maximum Gasteiger partial charge on any atom is 0.411 e. The van der Waals surface area contributed by atoms with Gasteiger partial charge >= 0.3 is 12.1 Å². The van der Waals surface area contributed by atoms with Crippen molar-refractivity contribution < 1.29 is 24.2 Å². The molecule has 1 amide bonds. The largest absolute Gasteiger partial charge is 0.479 e. The number of ether oxygens (including phenoxy) is 2. The number of nitrogens with zero attached hydrogens (tertiary/aromatic N) is 1. The van der Waals surface area contributed by atoms with Crippen LogP contribution in [0.25, 0.3) is 0 Å². The molecule has 0 radical (unpaired) electrons. The summed E-state index contributed by atoms with van der Waals surface area (Å²) < 4.78 is 10.8. The number of rotatable bonds is 3. The third-order valence-corrected chi connectivity index (χ3v) is 4.80. The zero-order valence-corrected chi connectivity index (χ0v) is 14.9. The highest BCUT2D eigenvalue weighted by Gasteiger charge is 2.52. The molecule has 21 heavy (non-hydrogen) atoms. The van der Waals surface area contributed by atoms with E-state index in [0.717, 1.165) is 0 Å². The topological polar surface area (TPSA) is 76.1 Å². The molecule has 0 bridgehead atoms. The third kappa shape index (κ3) is 4.71. The third-order valence-electron chi connectivity index (χ3n) is 3.15. The van der Waals surface area contributed by atoms with Crippen molar-refractivity contribution in [3.8, 4) is 0 Å². The molecule has 1 rings (SSSR count). The fourth-order valence-electron chi connectivity index (χ4n) is 2.55. The maximum absolute atomic E-state index is 12.4. The Morgan fingerprint density at radius 1 is 1.33 bits per heavy atom. The number of carbonyl (C=O) groups excluding carboxylic acids is 1. The first-order valence-electron chi connectivity index (χ1n) is 7.19. The lowest BCUT2D eigenvalue weighted by molar-refractivity contribution is -0.160. The molecule has 0 spiro atoms. The lowest BCUT2D eigenvalue weighted by atomic mass is 10.00. The lowest BCUT2D eigenvalue weighted by Gasteiger charge is -2.46. The van der Waals surface area contributed by atoms with Crippen LogP contribution < -0.4 is 0 Å². The molecule has 6 nitrogen and oxygen atoms in total. The van der Waals surface area contributed by atoms with E-state index in [2.05, 4.69) is 19.6 Å². The molecular formula is C14H27NO5Si. The summed E-state index contributed by atoms with van der Waals surface area (Å²) in [6.07, 6.45) is -0.577. The predicted molar refractivity (Wildman–Crippen MR) is 82.3 cm³/mol. The number of carboxylic acid groups (broad SMARTS) is 1. The van der Waals surface area contributed by atoms with E-state index in [-0.39, 0.29) is 13.2 Å². The second kappa shape index (κ2) is 5.96. The van der Waals surface area contributed by atoms with Gasteiger partial charge in [-0.3, -0.25) is 4.90 Å². The summed E-state index contributed by atoms with van der Waals surface area (Å²) in [4.78, 5) is 25.7. The van der Waals surface area contributed by atoms with Crippen LogP contribution in [-0.4, -0.2) is 61.0 Å². The van der Waals surface area contributed by atoms with Gasteiger partial charge in [0.25, 0.3) is 0 Å². The first-order chi connectivity index (χ1) is 9.37. The Morgan fingerprint density at radius 2 is 1.90 bits per heavy atom. The number of aliphatic carboxylic acids is 1. The zero-order valence-electron chi connectivity index (χ0n) is 13.9. The van der Waals surface area contributed by atoms with E-state index in [1.807, 2.05) is 0 Å². The minimum Gasteiger partial charge on any atom is -0.479 e. The molecule has 1 N–H and O–H groups in total. The summed E-state index contributed by atoms with van der Waals surface area (Å²) in [7, 11) is -1.74. The van der Waals surface area contributed by atoms with E-state index in [9.17, 15) is 14.7 Å². The molecule has 1 atom stereocenters. The number of hydrogen-bond acceptors (Lipinski definition) is 4. The fourth-order valence-corrected chi connectivity index (χ4v) is 4.75. The highest BCUT2D eigenvalue weighted by molar-refractivity contribution is 6.76. The summed E-state index contributed by atoms with van der Waals surface area (Å²) in [5.74, 6) is -1.02. The molecular weight excluding hydrogens is 290 g/mol. The van der Waals surface area contributed by atoms with Crippen molar-refractivity contribution in [3.05, 3.63) is 0 Å². The van der Waals surface area contributed by atoms with Crippen molar-refractivity contribution in [2.75, 3.05) is 19.8 Å². The summed E-state index contributed by atoms with van der Waals surface area (Å²) in [5.41, 5.74) is -1.97. The van der Waals surface area contributed by atoms with E-state index < -0.39 is 31.3 Å². The van der Waals surface area contributed by atoms with Gasteiger partial charge in [0.2, 0.25) is 0 Å². The van der Waals surface area contributed by atoms with Gasteiger partial charge in [-0.05, 0) is 26.8 Å². The average molecular weight is 317 g/mol. The van der Waals surface area contributed by atoms with Gasteiger partial charge in [0, 0.05) is 14.6 Å².